The smallest absolute Gasteiger partial charge is 0.298 e. The minimum Gasteiger partial charge on any atom is -0.422 e. The van der Waals surface area contributed by atoms with E-state index in [1.807, 2.05) is 31.0 Å². The highest BCUT2D eigenvalue weighted by molar-refractivity contribution is 6.34. The zero-order valence-corrected chi connectivity index (χ0v) is 10.0. The molecule has 4 nitrogen and oxygen atoms in total. The van der Waals surface area contributed by atoms with Gasteiger partial charge in [-0.3, -0.25) is 0 Å². The van der Waals surface area contributed by atoms with E-state index < -0.39 is 0 Å². The SMILES string of the molecule is CC(CN)N(C)c1nc2cccc(Cl)c2o1. The van der Waals surface area contributed by atoms with Gasteiger partial charge in [0.05, 0.1) is 5.02 Å². The molecule has 1 heterocycles. The van der Waals surface area contributed by atoms with E-state index in [1.165, 1.54) is 0 Å². The number of halogens is 1. The summed E-state index contributed by atoms with van der Waals surface area (Å²) in [5, 5.41) is 0.574. The molecule has 2 rings (SSSR count). The average molecular weight is 240 g/mol. The summed E-state index contributed by atoms with van der Waals surface area (Å²) in [4.78, 5) is 6.26. The third kappa shape index (κ3) is 1.86. The van der Waals surface area contributed by atoms with E-state index in [-0.39, 0.29) is 6.04 Å². The van der Waals surface area contributed by atoms with Crippen LogP contribution in [0.4, 0.5) is 6.01 Å². The molecule has 86 valence electrons. The van der Waals surface area contributed by atoms with Gasteiger partial charge < -0.3 is 15.1 Å². The molecule has 1 aromatic carbocycles. The topological polar surface area (TPSA) is 55.3 Å². The second-order valence-corrected chi connectivity index (χ2v) is 4.19. The van der Waals surface area contributed by atoms with E-state index in [9.17, 15) is 0 Å². The Kier molecular flexibility index (Phi) is 3.03. The van der Waals surface area contributed by atoms with Crippen LogP contribution in [-0.4, -0.2) is 24.6 Å². The van der Waals surface area contributed by atoms with Gasteiger partial charge in [0.25, 0.3) is 6.01 Å². The lowest BCUT2D eigenvalue weighted by Gasteiger charge is -2.20. The van der Waals surface area contributed by atoms with Gasteiger partial charge >= 0.3 is 0 Å². The normalized spacial score (nSPS) is 13.0. The lowest BCUT2D eigenvalue weighted by molar-refractivity contribution is 0.551. The molecule has 1 atom stereocenters. The van der Waals surface area contributed by atoms with Crippen molar-refractivity contribution < 1.29 is 4.42 Å². The van der Waals surface area contributed by atoms with Crippen molar-refractivity contribution in [3.05, 3.63) is 23.2 Å². The quantitative estimate of drug-likeness (QED) is 0.893. The van der Waals surface area contributed by atoms with E-state index in [1.54, 1.807) is 6.07 Å². The number of hydrogen-bond donors (Lipinski definition) is 1. The largest absolute Gasteiger partial charge is 0.422 e. The maximum absolute atomic E-state index is 6.01. The van der Waals surface area contributed by atoms with Crippen molar-refractivity contribution in [3.8, 4) is 0 Å². The van der Waals surface area contributed by atoms with Gasteiger partial charge in [-0.2, -0.15) is 4.98 Å². The van der Waals surface area contributed by atoms with Gasteiger partial charge in [0.15, 0.2) is 5.58 Å². The summed E-state index contributed by atoms with van der Waals surface area (Å²) in [5.41, 5.74) is 6.98. The maximum atomic E-state index is 6.01. The molecule has 0 aliphatic heterocycles. The summed E-state index contributed by atoms with van der Waals surface area (Å²) in [6.07, 6.45) is 0. The van der Waals surface area contributed by atoms with Crippen molar-refractivity contribution in [2.45, 2.75) is 13.0 Å². The first kappa shape index (κ1) is 11.2. The Labute approximate surface area is 99.0 Å². The van der Waals surface area contributed by atoms with Gasteiger partial charge in [0.2, 0.25) is 0 Å². The minimum absolute atomic E-state index is 0.173. The van der Waals surface area contributed by atoms with Gasteiger partial charge in [-0.15, -0.1) is 0 Å². The van der Waals surface area contributed by atoms with Gasteiger partial charge in [0, 0.05) is 19.6 Å². The predicted molar refractivity (Wildman–Crippen MR) is 65.9 cm³/mol. The van der Waals surface area contributed by atoms with Crippen LogP contribution in [-0.2, 0) is 0 Å². The first-order chi connectivity index (χ1) is 7.63. The number of para-hydroxylation sites is 1. The number of oxazole rings is 1. The third-order valence-corrected chi connectivity index (χ3v) is 2.96. The van der Waals surface area contributed by atoms with Gasteiger partial charge in [-0.05, 0) is 19.1 Å². The standard InChI is InChI=1S/C11H14ClN3O/c1-7(6-13)15(2)11-14-9-5-3-4-8(12)10(9)16-11/h3-5,7H,6,13H2,1-2H3. The van der Waals surface area contributed by atoms with Crippen molar-refractivity contribution >= 4 is 28.7 Å². The van der Waals surface area contributed by atoms with Crippen molar-refractivity contribution in [1.82, 2.24) is 4.98 Å². The Morgan fingerprint density at radius 1 is 1.56 bits per heavy atom. The number of nitrogens with two attached hydrogens (primary N) is 1. The Hall–Kier alpha value is -1.26. The molecular weight excluding hydrogens is 226 g/mol. The molecule has 2 aromatic rings. The van der Waals surface area contributed by atoms with Crippen LogP contribution in [0.15, 0.2) is 22.6 Å². The molecular formula is C11H14ClN3O. The first-order valence-electron chi connectivity index (χ1n) is 5.11. The lowest BCUT2D eigenvalue weighted by Crippen LogP contribution is -2.35. The fourth-order valence-corrected chi connectivity index (χ4v) is 1.61. The van der Waals surface area contributed by atoms with Crippen LogP contribution < -0.4 is 10.6 Å². The van der Waals surface area contributed by atoms with E-state index in [2.05, 4.69) is 4.98 Å². The summed E-state index contributed by atoms with van der Waals surface area (Å²) in [5.74, 6) is 0. The number of likely N-dealkylation sites (N-methyl/N-ethyl adjacent to an activating group) is 1. The molecule has 0 bridgehead atoms. The fourth-order valence-electron chi connectivity index (χ4n) is 1.40. The average Bonchev–Trinajstić information content (AvgIpc) is 2.72. The van der Waals surface area contributed by atoms with Crippen molar-refractivity contribution in [1.29, 1.82) is 0 Å². The van der Waals surface area contributed by atoms with Crippen LogP contribution in [0.5, 0.6) is 0 Å². The van der Waals surface area contributed by atoms with Crippen LogP contribution in [0, 0.1) is 0 Å². The zero-order valence-electron chi connectivity index (χ0n) is 9.27. The number of nitrogens with zero attached hydrogens (tertiary/aromatic N) is 2. The molecule has 2 N–H and O–H groups in total. The molecule has 1 unspecified atom stereocenters. The van der Waals surface area contributed by atoms with Gasteiger partial charge in [-0.25, -0.2) is 0 Å². The molecule has 1 aromatic heterocycles. The molecule has 0 amide bonds. The van der Waals surface area contributed by atoms with Gasteiger partial charge in [0.1, 0.15) is 5.52 Å². The van der Waals surface area contributed by atoms with Crippen molar-refractivity contribution in [2.75, 3.05) is 18.5 Å². The number of aromatic nitrogens is 1. The lowest BCUT2D eigenvalue weighted by atomic mass is 10.3. The molecule has 16 heavy (non-hydrogen) atoms. The first-order valence-corrected chi connectivity index (χ1v) is 5.49. The molecule has 0 aliphatic rings. The van der Waals surface area contributed by atoms with Crippen molar-refractivity contribution in [3.63, 3.8) is 0 Å². The Morgan fingerprint density at radius 3 is 2.94 bits per heavy atom. The number of benzene rings is 1. The molecule has 0 aliphatic carbocycles. The predicted octanol–water partition coefficient (Wildman–Crippen LogP) is 2.26. The van der Waals surface area contributed by atoms with E-state index >= 15 is 0 Å². The fraction of sp³-hybridized carbons (Fsp3) is 0.364. The molecule has 5 heteroatoms. The summed E-state index contributed by atoms with van der Waals surface area (Å²) in [7, 11) is 1.90. The maximum Gasteiger partial charge on any atom is 0.298 e. The Morgan fingerprint density at radius 2 is 2.31 bits per heavy atom. The van der Waals surface area contributed by atoms with Crippen LogP contribution in [0.3, 0.4) is 0 Å². The van der Waals surface area contributed by atoms with E-state index in [0.717, 1.165) is 5.52 Å². The summed E-state index contributed by atoms with van der Waals surface area (Å²) in [6, 6.07) is 6.22. The van der Waals surface area contributed by atoms with Gasteiger partial charge in [-0.1, -0.05) is 17.7 Å². The number of hydrogen-bond acceptors (Lipinski definition) is 4. The molecule has 0 radical (unpaired) electrons. The van der Waals surface area contributed by atoms with E-state index in [0.29, 0.717) is 23.2 Å². The monoisotopic (exact) mass is 239 g/mol. The van der Waals surface area contributed by atoms with Crippen LogP contribution in [0.1, 0.15) is 6.92 Å². The highest BCUT2D eigenvalue weighted by Gasteiger charge is 2.15. The Bertz CT molecular complexity index is 497. The zero-order chi connectivity index (χ0) is 11.7. The number of rotatable bonds is 3. The third-order valence-electron chi connectivity index (χ3n) is 2.66. The van der Waals surface area contributed by atoms with Crippen LogP contribution in [0.25, 0.3) is 11.1 Å². The second kappa shape index (κ2) is 4.31. The highest BCUT2D eigenvalue weighted by Crippen LogP contribution is 2.27. The summed E-state index contributed by atoms with van der Waals surface area (Å²) in [6.45, 7) is 2.55. The second-order valence-electron chi connectivity index (χ2n) is 3.78. The molecule has 0 saturated carbocycles. The van der Waals surface area contributed by atoms with Crippen LogP contribution >= 0.6 is 11.6 Å². The van der Waals surface area contributed by atoms with Crippen molar-refractivity contribution in [2.24, 2.45) is 5.73 Å². The van der Waals surface area contributed by atoms with Crippen LogP contribution in [0.2, 0.25) is 5.02 Å². The Balaban J connectivity index is 2.43. The molecule has 0 saturated heterocycles. The summed E-state index contributed by atoms with van der Waals surface area (Å²) >= 11 is 6.01. The molecule has 0 fully saturated rings. The highest BCUT2D eigenvalue weighted by atomic mass is 35.5. The molecule has 0 spiro atoms. The summed E-state index contributed by atoms with van der Waals surface area (Å²) < 4.78 is 5.61. The number of anilines is 1. The minimum atomic E-state index is 0.173. The number of fused-ring (bicyclic) bond motifs is 1. The van der Waals surface area contributed by atoms with E-state index in [4.69, 9.17) is 21.8 Å².